The number of hydrazone groups is 1. The van der Waals surface area contributed by atoms with Crippen LogP contribution in [0.1, 0.15) is 20.3 Å². The number of nitrogens with zero attached hydrogens (tertiary/aromatic N) is 1. The lowest BCUT2D eigenvalue weighted by molar-refractivity contribution is -0.125. The third-order valence-corrected chi connectivity index (χ3v) is 1.70. The van der Waals surface area contributed by atoms with Crippen molar-refractivity contribution in [2.24, 2.45) is 16.9 Å². The van der Waals surface area contributed by atoms with Crippen LogP contribution in [0.3, 0.4) is 0 Å². The SMILES string of the molecule is CC(C)CC1=NNC(=O)C1C=O. The molecule has 0 radical (unpaired) electrons. The van der Waals surface area contributed by atoms with E-state index in [1.54, 1.807) is 0 Å². The lowest BCUT2D eigenvalue weighted by Crippen LogP contribution is -2.24. The van der Waals surface area contributed by atoms with E-state index in [1.807, 2.05) is 13.8 Å². The molecule has 12 heavy (non-hydrogen) atoms. The Kier molecular flexibility index (Phi) is 2.58. The van der Waals surface area contributed by atoms with E-state index in [9.17, 15) is 9.59 Å². The van der Waals surface area contributed by atoms with Crippen LogP contribution < -0.4 is 5.43 Å². The zero-order chi connectivity index (χ0) is 9.14. The monoisotopic (exact) mass is 168 g/mol. The molecule has 0 fully saturated rings. The van der Waals surface area contributed by atoms with Gasteiger partial charge in [-0.15, -0.1) is 0 Å². The Balaban J connectivity index is 2.65. The van der Waals surface area contributed by atoms with Crippen LogP contribution >= 0.6 is 0 Å². The van der Waals surface area contributed by atoms with Crippen LogP contribution in [0, 0.1) is 11.8 Å². The molecule has 0 aliphatic carbocycles. The van der Waals surface area contributed by atoms with Crippen LogP contribution in [-0.4, -0.2) is 17.9 Å². The van der Waals surface area contributed by atoms with E-state index in [4.69, 9.17) is 0 Å². The Morgan fingerprint density at radius 3 is 2.83 bits per heavy atom. The fourth-order valence-electron chi connectivity index (χ4n) is 1.15. The molecule has 0 aromatic carbocycles. The first-order chi connectivity index (χ1) is 5.65. The van der Waals surface area contributed by atoms with Crippen LogP contribution in [-0.2, 0) is 9.59 Å². The fourth-order valence-corrected chi connectivity index (χ4v) is 1.15. The summed E-state index contributed by atoms with van der Waals surface area (Å²) in [5.74, 6) is -0.535. The van der Waals surface area contributed by atoms with Gasteiger partial charge in [-0.1, -0.05) is 13.8 Å². The number of carbonyl (C=O) groups is 2. The van der Waals surface area contributed by atoms with Crippen molar-refractivity contribution in [1.29, 1.82) is 0 Å². The smallest absolute Gasteiger partial charge is 0.256 e. The second-order valence-corrected chi connectivity index (χ2v) is 3.29. The van der Waals surface area contributed by atoms with Crippen molar-refractivity contribution >= 4 is 17.9 Å². The van der Waals surface area contributed by atoms with E-state index in [1.165, 1.54) is 0 Å². The average Bonchev–Trinajstić information content (AvgIpc) is 2.30. The van der Waals surface area contributed by atoms with Gasteiger partial charge in [0, 0.05) is 0 Å². The van der Waals surface area contributed by atoms with Crippen LogP contribution in [0.2, 0.25) is 0 Å². The van der Waals surface area contributed by atoms with Gasteiger partial charge < -0.3 is 4.79 Å². The molecule has 1 aliphatic heterocycles. The van der Waals surface area contributed by atoms with E-state index in [0.29, 0.717) is 24.3 Å². The maximum absolute atomic E-state index is 10.9. The first kappa shape index (κ1) is 8.90. The summed E-state index contributed by atoms with van der Waals surface area (Å²) in [6.07, 6.45) is 1.34. The molecule has 0 spiro atoms. The minimum absolute atomic E-state index is 0.305. The van der Waals surface area contributed by atoms with Crippen molar-refractivity contribution in [1.82, 2.24) is 5.43 Å². The molecule has 0 aromatic heterocycles. The van der Waals surface area contributed by atoms with Gasteiger partial charge in [0.25, 0.3) is 5.91 Å². The molecular weight excluding hydrogens is 156 g/mol. The molecule has 1 amide bonds. The van der Waals surface area contributed by atoms with E-state index < -0.39 is 5.92 Å². The van der Waals surface area contributed by atoms with E-state index in [2.05, 4.69) is 10.5 Å². The lowest BCUT2D eigenvalue weighted by Gasteiger charge is -2.04. The summed E-state index contributed by atoms with van der Waals surface area (Å²) in [7, 11) is 0. The molecule has 1 unspecified atom stereocenters. The number of rotatable bonds is 3. The van der Waals surface area contributed by atoms with Crippen molar-refractivity contribution in [3.05, 3.63) is 0 Å². The quantitative estimate of drug-likeness (QED) is 0.487. The Hall–Kier alpha value is -1.19. The Morgan fingerprint density at radius 2 is 2.33 bits per heavy atom. The predicted octanol–water partition coefficient (Wildman–Crippen LogP) is 0.333. The van der Waals surface area contributed by atoms with Gasteiger partial charge in [-0.25, -0.2) is 5.43 Å². The van der Waals surface area contributed by atoms with Gasteiger partial charge in [0.05, 0.1) is 5.71 Å². The summed E-state index contributed by atoms with van der Waals surface area (Å²) in [6.45, 7) is 4.04. The van der Waals surface area contributed by atoms with E-state index >= 15 is 0 Å². The topological polar surface area (TPSA) is 58.5 Å². The highest BCUT2D eigenvalue weighted by Crippen LogP contribution is 2.12. The largest absolute Gasteiger partial charge is 0.302 e. The van der Waals surface area contributed by atoms with E-state index in [0.717, 1.165) is 0 Å². The summed E-state index contributed by atoms with van der Waals surface area (Å²) < 4.78 is 0. The fraction of sp³-hybridized carbons (Fsp3) is 0.625. The summed E-state index contributed by atoms with van der Waals surface area (Å²) in [4.78, 5) is 21.4. The van der Waals surface area contributed by atoms with Gasteiger partial charge in [0.15, 0.2) is 0 Å². The number of nitrogens with one attached hydrogen (secondary N) is 1. The molecule has 1 heterocycles. The maximum atomic E-state index is 10.9. The molecular formula is C8H12N2O2. The Labute approximate surface area is 71.0 Å². The van der Waals surface area contributed by atoms with Crippen molar-refractivity contribution in [3.8, 4) is 0 Å². The number of carbonyl (C=O) groups excluding carboxylic acids is 2. The van der Waals surface area contributed by atoms with Crippen LogP contribution in [0.25, 0.3) is 0 Å². The number of aldehydes is 1. The molecule has 4 nitrogen and oxygen atoms in total. The third kappa shape index (κ3) is 1.69. The molecule has 0 aromatic rings. The van der Waals surface area contributed by atoms with E-state index in [-0.39, 0.29) is 5.91 Å². The average molecular weight is 168 g/mol. The normalized spacial score (nSPS) is 22.4. The molecule has 1 aliphatic rings. The van der Waals surface area contributed by atoms with Crippen LogP contribution in [0.4, 0.5) is 0 Å². The van der Waals surface area contributed by atoms with Crippen LogP contribution in [0.5, 0.6) is 0 Å². The van der Waals surface area contributed by atoms with Gasteiger partial charge in [-0.2, -0.15) is 5.10 Å². The zero-order valence-electron chi connectivity index (χ0n) is 7.20. The van der Waals surface area contributed by atoms with Gasteiger partial charge >= 0.3 is 0 Å². The first-order valence-electron chi connectivity index (χ1n) is 3.96. The zero-order valence-corrected chi connectivity index (χ0v) is 7.20. The number of hydrogen-bond acceptors (Lipinski definition) is 3. The second kappa shape index (κ2) is 3.47. The molecule has 4 heteroatoms. The Morgan fingerprint density at radius 1 is 1.67 bits per heavy atom. The second-order valence-electron chi connectivity index (χ2n) is 3.29. The molecule has 0 saturated carbocycles. The highest BCUT2D eigenvalue weighted by atomic mass is 16.2. The molecule has 0 bridgehead atoms. The minimum atomic E-state index is -0.646. The molecule has 66 valence electrons. The summed E-state index contributed by atoms with van der Waals surface area (Å²) >= 11 is 0. The molecule has 1 rings (SSSR count). The summed E-state index contributed by atoms with van der Waals surface area (Å²) in [5, 5.41) is 3.80. The lowest BCUT2D eigenvalue weighted by atomic mass is 9.97. The van der Waals surface area contributed by atoms with Crippen molar-refractivity contribution in [3.63, 3.8) is 0 Å². The van der Waals surface area contributed by atoms with Crippen molar-refractivity contribution < 1.29 is 9.59 Å². The van der Waals surface area contributed by atoms with Gasteiger partial charge in [0.2, 0.25) is 0 Å². The van der Waals surface area contributed by atoms with Crippen molar-refractivity contribution in [2.75, 3.05) is 0 Å². The standard InChI is InChI=1S/C8H12N2O2/c1-5(2)3-7-6(4-11)8(12)10-9-7/h4-6H,3H2,1-2H3,(H,10,12). The van der Waals surface area contributed by atoms with Gasteiger partial charge in [-0.3, -0.25) is 4.79 Å². The predicted molar refractivity (Wildman–Crippen MR) is 44.6 cm³/mol. The minimum Gasteiger partial charge on any atom is -0.302 e. The third-order valence-electron chi connectivity index (χ3n) is 1.70. The molecule has 0 saturated heterocycles. The van der Waals surface area contributed by atoms with Crippen LogP contribution in [0.15, 0.2) is 5.10 Å². The van der Waals surface area contributed by atoms with Gasteiger partial charge in [0.1, 0.15) is 12.2 Å². The number of hydrogen-bond donors (Lipinski definition) is 1. The Bertz CT molecular complexity index is 233. The van der Waals surface area contributed by atoms with Gasteiger partial charge in [-0.05, 0) is 12.3 Å². The highest BCUT2D eigenvalue weighted by molar-refractivity contribution is 6.17. The highest BCUT2D eigenvalue weighted by Gasteiger charge is 2.29. The maximum Gasteiger partial charge on any atom is 0.256 e. The summed E-state index contributed by atoms with van der Waals surface area (Å²) in [5.41, 5.74) is 2.95. The molecule has 1 N–H and O–H groups in total. The summed E-state index contributed by atoms with van der Waals surface area (Å²) in [6, 6.07) is 0. The number of amides is 1. The molecule has 1 atom stereocenters. The first-order valence-corrected chi connectivity index (χ1v) is 3.96. The van der Waals surface area contributed by atoms with Crippen molar-refractivity contribution in [2.45, 2.75) is 20.3 Å².